The van der Waals surface area contributed by atoms with Crippen LogP contribution in [0.3, 0.4) is 0 Å². The number of aromatic nitrogens is 3. The molecule has 0 N–H and O–H groups in total. The first-order chi connectivity index (χ1) is 19.1. The van der Waals surface area contributed by atoms with E-state index in [1.165, 1.54) is 23.1 Å². The van der Waals surface area contributed by atoms with Gasteiger partial charge in [0, 0.05) is 60.5 Å². The van der Waals surface area contributed by atoms with Crippen LogP contribution in [-0.4, -0.2) is 44.6 Å². The molecular formula is C28H19ClF4N4O3. The summed E-state index contributed by atoms with van der Waals surface area (Å²) in [5.74, 6) is -2.33. The molecule has 0 aliphatic carbocycles. The second-order valence-corrected chi connectivity index (χ2v) is 10.0. The molecule has 2 aliphatic rings. The van der Waals surface area contributed by atoms with Crippen molar-refractivity contribution in [3.63, 3.8) is 0 Å². The highest BCUT2D eigenvalue weighted by Crippen LogP contribution is 2.45. The van der Waals surface area contributed by atoms with Crippen molar-refractivity contribution >= 4 is 23.5 Å². The maximum absolute atomic E-state index is 14.4. The van der Waals surface area contributed by atoms with Gasteiger partial charge in [0.15, 0.2) is 5.69 Å². The molecular weight excluding hydrogens is 552 g/mol. The lowest BCUT2D eigenvalue weighted by atomic mass is 9.83. The van der Waals surface area contributed by atoms with Crippen LogP contribution in [0.25, 0.3) is 16.9 Å². The summed E-state index contributed by atoms with van der Waals surface area (Å²) in [6.07, 6.45) is -1.10. The number of amides is 1. The van der Waals surface area contributed by atoms with Crippen LogP contribution in [0.1, 0.15) is 44.8 Å². The van der Waals surface area contributed by atoms with Crippen molar-refractivity contribution in [1.29, 1.82) is 0 Å². The molecule has 4 heterocycles. The van der Waals surface area contributed by atoms with E-state index in [2.05, 4.69) is 10.1 Å². The maximum Gasteiger partial charge on any atom is 0.419 e. The lowest BCUT2D eigenvalue weighted by Gasteiger charge is -2.38. The van der Waals surface area contributed by atoms with Gasteiger partial charge in [-0.2, -0.15) is 18.3 Å². The number of likely N-dealkylation sites (tertiary alicyclic amines) is 1. The fourth-order valence-electron chi connectivity index (χ4n) is 5.25. The molecule has 0 bridgehead atoms. The van der Waals surface area contributed by atoms with Crippen LogP contribution in [0.5, 0.6) is 0 Å². The Morgan fingerprint density at radius 3 is 2.40 bits per heavy atom. The normalized spacial score (nSPS) is 16.2. The number of fused-ring (bicyclic) bond motifs is 2. The molecule has 12 heteroatoms. The number of carbonyl (C=O) groups excluding carboxylic acids is 2. The van der Waals surface area contributed by atoms with Crippen LogP contribution < -0.4 is 0 Å². The standard InChI is InChI=1S/C28H19ClF4N4O3/c29-17-1-3-20-19(13-17)26(39)40-27(20)7-11-36(12-8-27)25(38)23-15-24(16-5-9-34-10-6-16)37(35-23)18-2-4-21(22(30)14-18)28(31,32)33/h1-6,9-10,13-15H,7-8,11-12H2. The third kappa shape index (κ3) is 4.40. The Morgan fingerprint density at radius 1 is 1.00 bits per heavy atom. The quantitative estimate of drug-likeness (QED) is 0.221. The summed E-state index contributed by atoms with van der Waals surface area (Å²) in [5.41, 5.74) is -0.113. The average molecular weight is 571 g/mol. The van der Waals surface area contributed by atoms with Gasteiger partial charge in [0.25, 0.3) is 5.91 Å². The van der Waals surface area contributed by atoms with Gasteiger partial charge in [-0.15, -0.1) is 0 Å². The Bertz CT molecular complexity index is 1650. The van der Waals surface area contributed by atoms with Gasteiger partial charge in [0.05, 0.1) is 22.5 Å². The Labute approximate surface area is 229 Å². The Hall–Kier alpha value is -4.25. The molecule has 6 rings (SSSR count). The van der Waals surface area contributed by atoms with Crippen LogP contribution >= 0.6 is 11.6 Å². The smallest absolute Gasteiger partial charge is 0.419 e. The summed E-state index contributed by atoms with van der Waals surface area (Å²) in [7, 11) is 0. The summed E-state index contributed by atoms with van der Waals surface area (Å²) in [6.45, 7) is 0.529. The minimum atomic E-state index is -4.85. The fourth-order valence-corrected chi connectivity index (χ4v) is 5.42. The third-order valence-corrected chi connectivity index (χ3v) is 7.48. The second kappa shape index (κ2) is 9.44. The molecule has 0 unspecified atom stereocenters. The van der Waals surface area contributed by atoms with E-state index >= 15 is 0 Å². The molecule has 1 fully saturated rings. The number of piperidine rings is 1. The topological polar surface area (TPSA) is 77.3 Å². The summed E-state index contributed by atoms with van der Waals surface area (Å²) in [5, 5.41) is 4.79. The summed E-state index contributed by atoms with van der Waals surface area (Å²) < 4.78 is 60.8. The second-order valence-electron chi connectivity index (χ2n) is 9.59. The van der Waals surface area contributed by atoms with Gasteiger partial charge in [0.1, 0.15) is 11.4 Å². The zero-order valence-corrected chi connectivity index (χ0v) is 21.3. The van der Waals surface area contributed by atoms with E-state index in [0.29, 0.717) is 40.8 Å². The van der Waals surface area contributed by atoms with Crippen LogP contribution in [0, 0.1) is 5.82 Å². The molecule has 204 valence electrons. The first-order valence-electron chi connectivity index (χ1n) is 12.3. The van der Waals surface area contributed by atoms with Crippen LogP contribution in [-0.2, 0) is 16.5 Å². The number of benzene rings is 2. The zero-order chi connectivity index (χ0) is 28.2. The van der Waals surface area contributed by atoms with Crippen molar-refractivity contribution in [3.8, 4) is 16.9 Å². The van der Waals surface area contributed by atoms with Crippen molar-refractivity contribution in [2.75, 3.05) is 13.1 Å². The molecule has 40 heavy (non-hydrogen) atoms. The molecule has 7 nitrogen and oxygen atoms in total. The van der Waals surface area contributed by atoms with E-state index < -0.39 is 35.0 Å². The summed E-state index contributed by atoms with van der Waals surface area (Å²) >= 11 is 6.04. The summed E-state index contributed by atoms with van der Waals surface area (Å²) in [6, 6.07) is 12.3. The van der Waals surface area contributed by atoms with Crippen LogP contribution in [0.15, 0.2) is 67.0 Å². The van der Waals surface area contributed by atoms with Gasteiger partial charge in [0.2, 0.25) is 0 Å². The van der Waals surface area contributed by atoms with Crippen LogP contribution in [0.2, 0.25) is 5.02 Å². The first-order valence-corrected chi connectivity index (χ1v) is 12.6. The monoisotopic (exact) mass is 570 g/mol. The number of pyridine rings is 1. The Kier molecular flexibility index (Phi) is 6.14. The first kappa shape index (κ1) is 26.0. The van der Waals surface area contributed by atoms with Crippen molar-refractivity contribution in [2.45, 2.75) is 24.6 Å². The highest BCUT2D eigenvalue weighted by molar-refractivity contribution is 6.31. The van der Waals surface area contributed by atoms with Gasteiger partial charge in [-0.25, -0.2) is 13.9 Å². The van der Waals surface area contributed by atoms with Crippen molar-refractivity contribution < 1.29 is 31.9 Å². The SMILES string of the molecule is O=C1OC2(CCN(C(=O)c3cc(-c4ccncc4)n(-c4ccc(C(F)(F)F)c(F)c4)n3)CC2)c2ccc(Cl)cc21. The fraction of sp³-hybridized carbons (Fsp3) is 0.214. The van der Waals surface area contributed by atoms with E-state index in [9.17, 15) is 27.2 Å². The molecule has 1 spiro atoms. The van der Waals surface area contributed by atoms with E-state index in [1.807, 2.05) is 0 Å². The van der Waals surface area contributed by atoms with Gasteiger partial charge in [-0.05, 0) is 42.5 Å². The largest absolute Gasteiger partial charge is 0.450 e. The molecule has 0 saturated carbocycles. The van der Waals surface area contributed by atoms with E-state index in [1.54, 1.807) is 35.2 Å². The lowest BCUT2D eigenvalue weighted by Crippen LogP contribution is -2.45. The molecule has 1 saturated heterocycles. The molecule has 2 aromatic heterocycles. The van der Waals surface area contributed by atoms with Crippen molar-refractivity contribution in [2.24, 2.45) is 0 Å². The van der Waals surface area contributed by atoms with E-state index in [-0.39, 0.29) is 24.5 Å². The predicted octanol–water partition coefficient (Wildman–Crippen LogP) is 6.05. The van der Waals surface area contributed by atoms with Crippen LogP contribution in [0.4, 0.5) is 17.6 Å². The average Bonchev–Trinajstić information content (AvgIpc) is 3.48. The van der Waals surface area contributed by atoms with Gasteiger partial charge in [-0.1, -0.05) is 17.7 Å². The molecule has 0 atom stereocenters. The van der Waals surface area contributed by atoms with Gasteiger partial charge < -0.3 is 9.64 Å². The molecule has 1 amide bonds. The predicted molar refractivity (Wildman–Crippen MR) is 135 cm³/mol. The summed E-state index contributed by atoms with van der Waals surface area (Å²) in [4.78, 5) is 31.5. The highest BCUT2D eigenvalue weighted by atomic mass is 35.5. The number of ether oxygens (including phenoxy) is 1. The Balaban J connectivity index is 1.30. The lowest BCUT2D eigenvalue weighted by molar-refractivity contribution is -0.140. The number of hydrogen-bond donors (Lipinski definition) is 0. The van der Waals surface area contributed by atoms with Crippen molar-refractivity contribution in [1.82, 2.24) is 19.7 Å². The number of hydrogen-bond acceptors (Lipinski definition) is 5. The number of alkyl halides is 3. The number of nitrogens with zero attached hydrogens (tertiary/aromatic N) is 4. The maximum atomic E-state index is 14.4. The molecule has 2 aromatic carbocycles. The van der Waals surface area contributed by atoms with Gasteiger partial charge in [-0.3, -0.25) is 9.78 Å². The third-order valence-electron chi connectivity index (χ3n) is 7.25. The number of halogens is 5. The van der Waals surface area contributed by atoms with Gasteiger partial charge >= 0.3 is 12.1 Å². The molecule has 0 radical (unpaired) electrons. The van der Waals surface area contributed by atoms with E-state index in [4.69, 9.17) is 16.3 Å². The molecule has 2 aliphatic heterocycles. The van der Waals surface area contributed by atoms with Crippen molar-refractivity contribution in [3.05, 3.63) is 100 Å². The Morgan fingerprint density at radius 2 is 1.73 bits per heavy atom. The minimum absolute atomic E-state index is 0.0158. The zero-order valence-electron chi connectivity index (χ0n) is 20.6. The van der Waals surface area contributed by atoms with E-state index in [0.717, 1.165) is 17.7 Å². The highest BCUT2D eigenvalue weighted by Gasteiger charge is 2.48. The minimum Gasteiger partial charge on any atom is -0.450 e. The number of rotatable bonds is 3. The number of esters is 1. The molecule has 4 aromatic rings. The number of carbonyl (C=O) groups is 2.